The highest BCUT2D eigenvalue weighted by atomic mass is 32.2. The molecule has 3 aliphatic rings. The van der Waals surface area contributed by atoms with Gasteiger partial charge in [-0.2, -0.15) is 4.31 Å². The molecule has 0 unspecified atom stereocenters. The molecule has 3 heterocycles. The summed E-state index contributed by atoms with van der Waals surface area (Å²) < 4.78 is 31.7. The van der Waals surface area contributed by atoms with Gasteiger partial charge in [0.1, 0.15) is 0 Å². The first kappa shape index (κ1) is 22.9. The van der Waals surface area contributed by atoms with Gasteiger partial charge in [-0.3, -0.25) is 4.79 Å². The van der Waals surface area contributed by atoms with E-state index in [1.54, 1.807) is 17.9 Å². The van der Waals surface area contributed by atoms with Crippen molar-refractivity contribution in [1.82, 2.24) is 9.21 Å². The lowest BCUT2D eigenvalue weighted by Crippen LogP contribution is -2.49. The lowest BCUT2D eigenvalue weighted by Gasteiger charge is -2.35. The number of nitrogens with zero attached hydrogens (tertiary/aromatic N) is 3. The number of carbonyl (C=O) groups excluding carboxylic acids is 2. The van der Waals surface area contributed by atoms with E-state index < -0.39 is 15.6 Å². The molecule has 0 aliphatic carbocycles. The van der Waals surface area contributed by atoms with Crippen LogP contribution in [0, 0.1) is 6.92 Å². The zero-order chi connectivity index (χ0) is 24.1. The smallest absolute Gasteiger partial charge is 0.339 e. The molecule has 0 bridgehead atoms. The number of rotatable bonds is 4. The Hall–Kier alpha value is -2.91. The van der Waals surface area contributed by atoms with Crippen LogP contribution in [0.25, 0.3) is 0 Å². The normalized spacial score (nSPS) is 22.8. The zero-order valence-corrected chi connectivity index (χ0v) is 20.3. The van der Waals surface area contributed by atoms with E-state index in [0.717, 1.165) is 16.8 Å². The van der Waals surface area contributed by atoms with E-state index in [9.17, 15) is 18.0 Å². The first-order valence-electron chi connectivity index (χ1n) is 11.7. The number of anilines is 1. The monoisotopic (exact) mass is 483 g/mol. The number of ether oxygens (including phenoxy) is 1. The number of piperazine rings is 1. The van der Waals surface area contributed by atoms with Gasteiger partial charge in [-0.25, -0.2) is 13.2 Å². The summed E-state index contributed by atoms with van der Waals surface area (Å²) >= 11 is 0. The third-order valence-electron chi connectivity index (χ3n) is 7.26. The number of sulfonamides is 1. The quantitative estimate of drug-likeness (QED) is 0.621. The van der Waals surface area contributed by atoms with E-state index in [4.69, 9.17) is 4.74 Å². The molecule has 1 amide bonds. The molecule has 9 heteroatoms. The largest absolute Gasteiger partial charge is 0.449 e. The van der Waals surface area contributed by atoms with Crippen molar-refractivity contribution in [2.24, 2.45) is 0 Å². The van der Waals surface area contributed by atoms with Gasteiger partial charge in [0.25, 0.3) is 5.91 Å². The minimum Gasteiger partial charge on any atom is -0.449 e. The van der Waals surface area contributed by atoms with Crippen LogP contribution in [-0.2, 0) is 20.4 Å². The SMILES string of the molecule is CCS(=O)(=O)N1CCN(c2ccc(C)c(C(=O)N3CC[C@@]4(C3)OC(=O)c3ccccc34)c2)CC1. The summed E-state index contributed by atoms with van der Waals surface area (Å²) in [7, 11) is -3.19. The molecule has 34 heavy (non-hydrogen) atoms. The van der Waals surface area contributed by atoms with Gasteiger partial charge < -0.3 is 14.5 Å². The topological polar surface area (TPSA) is 87.2 Å². The summed E-state index contributed by atoms with van der Waals surface area (Å²) in [6.07, 6.45) is 0.577. The maximum atomic E-state index is 13.5. The van der Waals surface area contributed by atoms with Crippen LogP contribution < -0.4 is 4.90 Å². The Morgan fingerprint density at radius 1 is 1.06 bits per heavy atom. The first-order chi connectivity index (χ1) is 16.2. The molecule has 3 aliphatic heterocycles. The molecule has 1 atom stereocenters. The molecule has 2 aromatic carbocycles. The van der Waals surface area contributed by atoms with Crippen molar-refractivity contribution in [2.45, 2.75) is 25.9 Å². The fourth-order valence-electron chi connectivity index (χ4n) is 5.22. The van der Waals surface area contributed by atoms with E-state index in [1.807, 2.05) is 43.3 Å². The number of esters is 1. The average molecular weight is 484 g/mol. The number of hydrogen-bond donors (Lipinski definition) is 0. The molecule has 8 nitrogen and oxygen atoms in total. The molecule has 2 fully saturated rings. The standard InChI is InChI=1S/C25H29N3O5S/c1-3-34(31,32)28-14-12-26(13-15-28)19-9-8-18(2)21(16-19)23(29)27-11-10-25(17-27)22-7-5-4-6-20(22)24(30)33-25/h4-9,16H,3,10-15,17H2,1-2H3/t25-/m0/s1. The molecular weight excluding hydrogens is 454 g/mol. The van der Waals surface area contributed by atoms with Crippen molar-refractivity contribution in [1.29, 1.82) is 0 Å². The second-order valence-corrected chi connectivity index (χ2v) is 11.4. The Morgan fingerprint density at radius 2 is 1.79 bits per heavy atom. The molecule has 0 aromatic heterocycles. The van der Waals surface area contributed by atoms with Crippen molar-refractivity contribution < 1.29 is 22.7 Å². The molecule has 180 valence electrons. The van der Waals surface area contributed by atoms with Crippen LogP contribution in [0.4, 0.5) is 5.69 Å². The van der Waals surface area contributed by atoms with Gasteiger partial charge >= 0.3 is 5.97 Å². The summed E-state index contributed by atoms with van der Waals surface area (Å²) in [6.45, 7) is 6.46. The number of fused-ring (bicyclic) bond motifs is 2. The van der Waals surface area contributed by atoms with E-state index >= 15 is 0 Å². The van der Waals surface area contributed by atoms with Crippen LogP contribution in [0.3, 0.4) is 0 Å². The summed E-state index contributed by atoms with van der Waals surface area (Å²) in [6, 6.07) is 13.2. The van der Waals surface area contributed by atoms with Gasteiger partial charge in [-0.1, -0.05) is 24.3 Å². The Kier molecular flexibility index (Phi) is 5.64. The minimum absolute atomic E-state index is 0.0798. The van der Waals surface area contributed by atoms with Crippen LogP contribution in [0.5, 0.6) is 0 Å². The average Bonchev–Trinajstić information content (AvgIpc) is 3.40. The molecule has 5 rings (SSSR count). The summed E-state index contributed by atoms with van der Waals surface area (Å²) in [4.78, 5) is 29.8. The Balaban J connectivity index is 1.33. The van der Waals surface area contributed by atoms with E-state index in [2.05, 4.69) is 4.90 Å². The number of aryl methyl sites for hydroxylation is 1. The van der Waals surface area contributed by atoms with E-state index in [0.29, 0.717) is 56.8 Å². The highest BCUT2D eigenvalue weighted by Gasteiger charge is 2.51. The fraction of sp³-hybridized carbons (Fsp3) is 0.440. The fourth-order valence-corrected chi connectivity index (χ4v) is 6.30. The van der Waals surface area contributed by atoms with Crippen LogP contribution in [0.1, 0.15) is 45.2 Å². The van der Waals surface area contributed by atoms with Gasteiger partial charge in [0.2, 0.25) is 10.0 Å². The number of likely N-dealkylation sites (tertiary alicyclic amines) is 1. The second kappa shape index (κ2) is 8.39. The predicted octanol–water partition coefficient (Wildman–Crippen LogP) is 2.38. The molecule has 0 N–H and O–H groups in total. The number of carbonyl (C=O) groups is 2. The highest BCUT2D eigenvalue weighted by molar-refractivity contribution is 7.89. The highest BCUT2D eigenvalue weighted by Crippen LogP contribution is 2.43. The molecule has 1 spiro atoms. The summed E-state index contributed by atoms with van der Waals surface area (Å²) in [5, 5.41) is 0. The van der Waals surface area contributed by atoms with Crippen molar-refractivity contribution in [3.63, 3.8) is 0 Å². The molecule has 2 aromatic rings. The predicted molar refractivity (Wildman–Crippen MR) is 128 cm³/mol. The maximum absolute atomic E-state index is 13.5. The van der Waals surface area contributed by atoms with Crippen molar-refractivity contribution >= 4 is 27.6 Å². The van der Waals surface area contributed by atoms with Crippen LogP contribution >= 0.6 is 0 Å². The van der Waals surface area contributed by atoms with Crippen molar-refractivity contribution in [3.8, 4) is 0 Å². The first-order valence-corrected chi connectivity index (χ1v) is 13.3. The molecular formula is C25H29N3O5S. The zero-order valence-electron chi connectivity index (χ0n) is 19.5. The lowest BCUT2D eigenvalue weighted by atomic mass is 9.91. The third kappa shape index (κ3) is 3.76. The van der Waals surface area contributed by atoms with Crippen molar-refractivity contribution in [2.75, 3.05) is 49.9 Å². The Morgan fingerprint density at radius 3 is 2.53 bits per heavy atom. The minimum atomic E-state index is -3.19. The Labute approximate surface area is 200 Å². The van der Waals surface area contributed by atoms with Crippen molar-refractivity contribution in [3.05, 3.63) is 64.7 Å². The summed E-state index contributed by atoms with van der Waals surface area (Å²) in [5.74, 6) is -0.302. The van der Waals surface area contributed by atoms with Crippen LogP contribution in [0.15, 0.2) is 42.5 Å². The van der Waals surface area contributed by atoms with Gasteiger partial charge in [0.05, 0.1) is 17.9 Å². The third-order valence-corrected chi connectivity index (χ3v) is 9.14. The second-order valence-electron chi connectivity index (χ2n) is 9.19. The lowest BCUT2D eigenvalue weighted by molar-refractivity contribution is -0.00307. The maximum Gasteiger partial charge on any atom is 0.339 e. The Bertz CT molecular complexity index is 1250. The van der Waals surface area contributed by atoms with E-state index in [1.165, 1.54) is 4.31 Å². The number of hydrogen-bond acceptors (Lipinski definition) is 6. The number of benzene rings is 2. The van der Waals surface area contributed by atoms with Crippen LogP contribution in [0.2, 0.25) is 0 Å². The summed E-state index contributed by atoms with van der Waals surface area (Å²) in [5.41, 5.74) is 3.09. The molecule has 0 saturated carbocycles. The van der Waals surface area contributed by atoms with Gasteiger partial charge in [0, 0.05) is 56.0 Å². The molecule has 0 radical (unpaired) electrons. The van der Waals surface area contributed by atoms with E-state index in [-0.39, 0.29) is 17.6 Å². The van der Waals surface area contributed by atoms with Gasteiger partial charge in [-0.15, -0.1) is 0 Å². The molecule has 2 saturated heterocycles. The van der Waals surface area contributed by atoms with Crippen LogP contribution in [-0.4, -0.2) is 74.5 Å². The van der Waals surface area contributed by atoms with Gasteiger partial charge in [-0.05, 0) is 37.6 Å². The number of amides is 1. The van der Waals surface area contributed by atoms with Gasteiger partial charge in [0.15, 0.2) is 5.60 Å².